The fraction of sp³-hybridized carbons (Fsp3) is 0.667. The largest absolute Gasteiger partial charge is 0.411 e. The third-order valence-corrected chi connectivity index (χ3v) is 4.22. The number of guanidine groups is 1. The minimum absolute atomic E-state index is 0. The molecule has 30 heavy (non-hydrogen) atoms. The van der Waals surface area contributed by atoms with Crippen LogP contribution >= 0.6 is 24.0 Å². The van der Waals surface area contributed by atoms with Gasteiger partial charge >= 0.3 is 6.18 Å². The molecule has 1 aromatic carbocycles. The molecule has 0 spiro atoms. The summed E-state index contributed by atoms with van der Waals surface area (Å²) in [6.07, 6.45) is -2.52. The number of benzene rings is 1. The van der Waals surface area contributed by atoms with Crippen LogP contribution in [0.5, 0.6) is 0 Å². The fourth-order valence-corrected chi connectivity index (χ4v) is 2.93. The van der Waals surface area contributed by atoms with E-state index in [0.29, 0.717) is 29.9 Å². The molecule has 0 radical (unpaired) electrons. The Morgan fingerprint density at radius 2 is 1.77 bits per heavy atom. The minimum atomic E-state index is -4.31. The summed E-state index contributed by atoms with van der Waals surface area (Å²) >= 11 is 0. The van der Waals surface area contributed by atoms with Crippen molar-refractivity contribution >= 4 is 29.9 Å². The molecule has 9 heteroatoms. The molecule has 1 atom stereocenters. The SMILES string of the molecule is CCNC(=NCc1ccc(COCC(F)(F)F)cc1)NCC(CCO)CC(C)C.I. The van der Waals surface area contributed by atoms with E-state index in [4.69, 9.17) is 0 Å². The van der Waals surface area contributed by atoms with Gasteiger partial charge in [-0.15, -0.1) is 24.0 Å². The van der Waals surface area contributed by atoms with Crippen LogP contribution in [0.3, 0.4) is 0 Å². The highest BCUT2D eigenvalue weighted by atomic mass is 127. The molecule has 0 fully saturated rings. The number of aliphatic imine (C=N–C) groups is 1. The van der Waals surface area contributed by atoms with Gasteiger partial charge < -0.3 is 20.5 Å². The zero-order valence-electron chi connectivity index (χ0n) is 18.0. The topological polar surface area (TPSA) is 65.9 Å². The van der Waals surface area contributed by atoms with Gasteiger partial charge in [-0.25, -0.2) is 4.99 Å². The second-order valence-corrected chi connectivity index (χ2v) is 7.51. The number of hydrogen-bond donors (Lipinski definition) is 3. The molecule has 0 heterocycles. The molecule has 0 aliphatic carbocycles. The van der Waals surface area contributed by atoms with Gasteiger partial charge in [0.2, 0.25) is 0 Å². The summed E-state index contributed by atoms with van der Waals surface area (Å²) in [6, 6.07) is 7.18. The van der Waals surface area contributed by atoms with Gasteiger partial charge in [-0.1, -0.05) is 38.1 Å². The lowest BCUT2D eigenvalue weighted by Crippen LogP contribution is -2.40. The Bertz CT molecular complexity index is 596. The first-order valence-corrected chi connectivity index (χ1v) is 10.1. The van der Waals surface area contributed by atoms with E-state index in [1.807, 2.05) is 19.1 Å². The van der Waals surface area contributed by atoms with E-state index in [9.17, 15) is 18.3 Å². The van der Waals surface area contributed by atoms with E-state index in [2.05, 4.69) is 34.2 Å². The Labute approximate surface area is 194 Å². The molecule has 0 aliphatic heterocycles. The molecular formula is C21H35F3IN3O2. The molecule has 0 aromatic heterocycles. The summed E-state index contributed by atoms with van der Waals surface area (Å²) in [7, 11) is 0. The van der Waals surface area contributed by atoms with E-state index >= 15 is 0 Å². The van der Waals surface area contributed by atoms with Gasteiger partial charge in [0.25, 0.3) is 0 Å². The van der Waals surface area contributed by atoms with Gasteiger partial charge in [0.1, 0.15) is 6.61 Å². The number of rotatable bonds is 12. The van der Waals surface area contributed by atoms with Crippen molar-refractivity contribution in [3.8, 4) is 0 Å². The van der Waals surface area contributed by atoms with E-state index in [1.54, 1.807) is 12.1 Å². The summed E-state index contributed by atoms with van der Waals surface area (Å²) in [4.78, 5) is 4.57. The van der Waals surface area contributed by atoms with Crippen molar-refractivity contribution in [1.29, 1.82) is 0 Å². The smallest absolute Gasteiger partial charge is 0.396 e. The quantitative estimate of drug-likeness (QED) is 0.206. The predicted molar refractivity (Wildman–Crippen MR) is 125 cm³/mol. The van der Waals surface area contributed by atoms with Gasteiger partial charge in [-0.2, -0.15) is 13.2 Å². The number of hydrogen-bond acceptors (Lipinski definition) is 3. The molecule has 0 aliphatic rings. The average molecular weight is 545 g/mol. The van der Waals surface area contributed by atoms with Gasteiger partial charge in [0, 0.05) is 19.7 Å². The average Bonchev–Trinajstić information content (AvgIpc) is 2.63. The Kier molecular flexibility index (Phi) is 15.1. The molecule has 0 saturated carbocycles. The van der Waals surface area contributed by atoms with Gasteiger partial charge in [-0.3, -0.25) is 0 Å². The number of ether oxygens (including phenoxy) is 1. The van der Waals surface area contributed by atoms with Crippen LogP contribution in [-0.2, 0) is 17.9 Å². The molecule has 1 unspecified atom stereocenters. The number of alkyl halides is 3. The fourth-order valence-electron chi connectivity index (χ4n) is 2.93. The Morgan fingerprint density at radius 1 is 1.13 bits per heavy atom. The minimum Gasteiger partial charge on any atom is -0.396 e. The van der Waals surface area contributed by atoms with Crippen molar-refractivity contribution in [1.82, 2.24) is 10.6 Å². The highest BCUT2D eigenvalue weighted by Gasteiger charge is 2.27. The van der Waals surface area contributed by atoms with Crippen LogP contribution in [0.4, 0.5) is 13.2 Å². The number of nitrogens with zero attached hydrogens (tertiary/aromatic N) is 1. The number of aliphatic hydroxyl groups excluding tert-OH is 1. The third-order valence-electron chi connectivity index (χ3n) is 4.22. The molecule has 1 aromatic rings. The predicted octanol–water partition coefficient (Wildman–Crippen LogP) is 4.48. The molecular weight excluding hydrogens is 510 g/mol. The molecule has 0 saturated heterocycles. The molecule has 3 N–H and O–H groups in total. The number of halogens is 4. The molecule has 0 bridgehead atoms. The lowest BCUT2D eigenvalue weighted by Gasteiger charge is -2.20. The van der Waals surface area contributed by atoms with E-state index in [-0.39, 0.29) is 37.2 Å². The Morgan fingerprint density at radius 3 is 2.30 bits per heavy atom. The van der Waals surface area contributed by atoms with Crippen molar-refractivity contribution in [2.24, 2.45) is 16.8 Å². The van der Waals surface area contributed by atoms with Crippen molar-refractivity contribution in [3.05, 3.63) is 35.4 Å². The monoisotopic (exact) mass is 545 g/mol. The first-order valence-electron chi connectivity index (χ1n) is 10.1. The second kappa shape index (κ2) is 15.7. The normalized spacial score (nSPS) is 13.1. The van der Waals surface area contributed by atoms with Crippen molar-refractivity contribution in [2.45, 2.75) is 52.9 Å². The van der Waals surface area contributed by atoms with Crippen molar-refractivity contribution in [3.63, 3.8) is 0 Å². The van der Waals surface area contributed by atoms with Gasteiger partial charge in [0.05, 0.1) is 13.2 Å². The lowest BCUT2D eigenvalue weighted by atomic mass is 9.94. The highest BCUT2D eigenvalue weighted by molar-refractivity contribution is 14.0. The lowest BCUT2D eigenvalue weighted by molar-refractivity contribution is -0.176. The standard InChI is InChI=1S/C21H34F3N3O2.HI/c1-4-25-20(27-13-19(9-10-28)11-16(2)3)26-12-17-5-7-18(8-6-17)14-29-15-21(22,23)24;/h5-8,16,19,28H,4,9-15H2,1-3H3,(H2,25,26,27);1H. The molecule has 0 amide bonds. The van der Waals surface area contributed by atoms with Gasteiger partial charge in [0.15, 0.2) is 5.96 Å². The van der Waals surface area contributed by atoms with E-state index in [0.717, 1.165) is 31.5 Å². The van der Waals surface area contributed by atoms with Crippen LogP contribution < -0.4 is 10.6 Å². The van der Waals surface area contributed by atoms with Crippen molar-refractivity contribution < 1.29 is 23.0 Å². The Hall–Kier alpha value is -1.07. The van der Waals surface area contributed by atoms with Crippen molar-refractivity contribution in [2.75, 3.05) is 26.3 Å². The van der Waals surface area contributed by atoms with Crippen LogP contribution in [0.1, 0.15) is 44.7 Å². The van der Waals surface area contributed by atoms with E-state index < -0.39 is 12.8 Å². The van der Waals surface area contributed by atoms with Crippen LogP contribution in [-0.4, -0.2) is 43.5 Å². The van der Waals surface area contributed by atoms with Crippen LogP contribution in [0.15, 0.2) is 29.3 Å². The first kappa shape index (κ1) is 28.9. The Balaban J connectivity index is 0.00000841. The zero-order chi connectivity index (χ0) is 21.7. The summed E-state index contributed by atoms with van der Waals surface area (Å²) in [6.45, 7) is 7.10. The summed E-state index contributed by atoms with van der Waals surface area (Å²) in [5.41, 5.74) is 1.64. The van der Waals surface area contributed by atoms with Crippen LogP contribution in [0.25, 0.3) is 0 Å². The summed E-state index contributed by atoms with van der Waals surface area (Å²) in [5.74, 6) is 1.64. The highest BCUT2D eigenvalue weighted by Crippen LogP contribution is 2.16. The maximum atomic E-state index is 12.1. The van der Waals surface area contributed by atoms with Gasteiger partial charge in [-0.05, 0) is 42.7 Å². The molecule has 5 nitrogen and oxygen atoms in total. The summed E-state index contributed by atoms with van der Waals surface area (Å²) in [5, 5.41) is 15.8. The zero-order valence-corrected chi connectivity index (χ0v) is 20.3. The molecule has 174 valence electrons. The first-order chi connectivity index (χ1) is 13.7. The van der Waals surface area contributed by atoms with E-state index in [1.165, 1.54) is 0 Å². The van der Waals surface area contributed by atoms with Crippen LogP contribution in [0.2, 0.25) is 0 Å². The summed E-state index contributed by atoms with van der Waals surface area (Å²) < 4.78 is 41.0. The molecule has 1 rings (SSSR count). The second-order valence-electron chi connectivity index (χ2n) is 7.51. The number of nitrogens with one attached hydrogen (secondary N) is 2. The maximum absolute atomic E-state index is 12.1. The van der Waals surface area contributed by atoms with Crippen LogP contribution in [0, 0.1) is 11.8 Å². The number of aliphatic hydroxyl groups is 1. The maximum Gasteiger partial charge on any atom is 0.411 e. The third kappa shape index (κ3) is 14.0.